The number of hydrogen-bond donors (Lipinski definition) is 1. The van der Waals surface area contributed by atoms with Crippen LogP contribution < -0.4 is 5.56 Å². The van der Waals surface area contributed by atoms with Crippen molar-refractivity contribution < 1.29 is 14.3 Å². The Kier molecular flexibility index (Phi) is 6.53. The lowest BCUT2D eigenvalue weighted by molar-refractivity contribution is -0.116. The highest BCUT2D eigenvalue weighted by molar-refractivity contribution is 6.27. The van der Waals surface area contributed by atoms with Crippen molar-refractivity contribution in [1.82, 2.24) is 9.13 Å². The molecule has 2 aromatic heterocycles. The average Bonchev–Trinajstić information content (AvgIpc) is 3.24. The molecule has 6 rings (SSSR count). The number of benzene rings is 3. The van der Waals surface area contributed by atoms with Crippen molar-refractivity contribution in [3.63, 3.8) is 0 Å². The van der Waals surface area contributed by atoms with Crippen LogP contribution in [0, 0.1) is 32.0 Å². The fourth-order valence-electron chi connectivity index (χ4n) is 6.15. The number of aliphatic hydroxyl groups is 1. The molecule has 1 aliphatic carbocycles. The number of allylic oxidation sites excluding steroid dienone is 2. The van der Waals surface area contributed by atoms with Gasteiger partial charge in [0.05, 0.1) is 22.2 Å². The number of aliphatic hydroxyl groups excluding tert-OH is 1. The van der Waals surface area contributed by atoms with Gasteiger partial charge in [-0.25, -0.2) is 4.39 Å². The monoisotopic (exact) mass is 560 g/mol. The van der Waals surface area contributed by atoms with Gasteiger partial charge in [-0.1, -0.05) is 49.2 Å². The molecular formula is C36H33FN2O3. The van der Waals surface area contributed by atoms with Crippen LogP contribution in [0.15, 0.2) is 89.4 Å². The van der Waals surface area contributed by atoms with E-state index in [1.165, 1.54) is 12.1 Å². The second-order valence-corrected chi connectivity index (χ2v) is 12.2. The Morgan fingerprint density at radius 3 is 1.86 bits per heavy atom. The average molecular weight is 561 g/mol. The molecule has 0 radical (unpaired) electrons. The highest BCUT2D eigenvalue weighted by Crippen LogP contribution is 2.46. The van der Waals surface area contributed by atoms with Gasteiger partial charge in [0.25, 0.3) is 5.56 Å². The zero-order valence-electron chi connectivity index (χ0n) is 24.5. The van der Waals surface area contributed by atoms with Gasteiger partial charge < -0.3 is 9.67 Å². The normalized spacial score (nSPS) is 15.0. The maximum absolute atomic E-state index is 14.6. The minimum atomic E-state index is -0.422. The topological polar surface area (TPSA) is 64.2 Å². The molecule has 1 aliphatic rings. The van der Waals surface area contributed by atoms with Crippen molar-refractivity contribution in [2.24, 2.45) is 5.41 Å². The fraction of sp³-hybridized carbons (Fsp3) is 0.222. The maximum atomic E-state index is 14.6. The summed E-state index contributed by atoms with van der Waals surface area (Å²) in [6.45, 7) is 9.77. The van der Waals surface area contributed by atoms with Gasteiger partial charge in [0.1, 0.15) is 11.6 Å². The molecule has 0 saturated heterocycles. The zero-order valence-corrected chi connectivity index (χ0v) is 24.5. The highest BCUT2D eigenvalue weighted by Gasteiger charge is 2.38. The first-order valence-corrected chi connectivity index (χ1v) is 14.1. The number of rotatable bonds is 4. The van der Waals surface area contributed by atoms with Crippen LogP contribution >= 0.6 is 0 Å². The van der Waals surface area contributed by atoms with E-state index < -0.39 is 11.2 Å². The minimum Gasteiger partial charge on any atom is -0.512 e. The smallest absolute Gasteiger partial charge is 0.265 e. The Morgan fingerprint density at radius 1 is 0.762 bits per heavy atom. The summed E-state index contributed by atoms with van der Waals surface area (Å²) < 4.78 is 17.8. The summed E-state index contributed by atoms with van der Waals surface area (Å²) in [6.07, 6.45) is 0.524. The predicted molar refractivity (Wildman–Crippen MR) is 166 cm³/mol. The number of aromatic nitrogens is 2. The van der Waals surface area contributed by atoms with Crippen LogP contribution in [0.4, 0.5) is 4.39 Å². The van der Waals surface area contributed by atoms with E-state index in [1.807, 2.05) is 93.8 Å². The number of hydrogen-bond acceptors (Lipinski definition) is 3. The first kappa shape index (κ1) is 27.5. The molecule has 6 heteroatoms. The van der Waals surface area contributed by atoms with Crippen molar-refractivity contribution in [3.05, 3.63) is 123 Å². The summed E-state index contributed by atoms with van der Waals surface area (Å²) in [6, 6.07) is 23.6. The van der Waals surface area contributed by atoms with Gasteiger partial charge in [0.2, 0.25) is 0 Å². The second-order valence-electron chi connectivity index (χ2n) is 12.2. The van der Waals surface area contributed by atoms with Crippen LogP contribution in [0.1, 0.15) is 49.1 Å². The molecule has 2 heterocycles. The van der Waals surface area contributed by atoms with Gasteiger partial charge in [-0.2, -0.15) is 0 Å². The van der Waals surface area contributed by atoms with Crippen LogP contribution in [0.2, 0.25) is 0 Å². The summed E-state index contributed by atoms with van der Waals surface area (Å²) in [7, 11) is 0. The number of pyridine rings is 1. The van der Waals surface area contributed by atoms with Gasteiger partial charge in [0, 0.05) is 35.5 Å². The third-order valence-electron chi connectivity index (χ3n) is 8.13. The van der Waals surface area contributed by atoms with Crippen molar-refractivity contribution in [2.45, 2.75) is 47.5 Å². The largest absolute Gasteiger partial charge is 0.512 e. The molecular weight excluding hydrogens is 527 g/mol. The van der Waals surface area contributed by atoms with E-state index in [0.717, 1.165) is 16.8 Å². The molecule has 0 atom stereocenters. The van der Waals surface area contributed by atoms with Gasteiger partial charge in [-0.3, -0.25) is 14.2 Å². The van der Waals surface area contributed by atoms with Gasteiger partial charge in [-0.05, 0) is 86.3 Å². The van der Waals surface area contributed by atoms with Crippen molar-refractivity contribution in [2.75, 3.05) is 0 Å². The summed E-state index contributed by atoms with van der Waals surface area (Å²) >= 11 is 0. The molecule has 212 valence electrons. The number of halogens is 1. The highest BCUT2D eigenvalue weighted by atomic mass is 19.1. The quantitative estimate of drug-likeness (QED) is 0.241. The molecule has 5 nitrogen and oxygen atoms in total. The zero-order chi connectivity index (χ0) is 29.9. The van der Waals surface area contributed by atoms with Gasteiger partial charge >= 0.3 is 0 Å². The third kappa shape index (κ3) is 4.57. The Morgan fingerprint density at radius 2 is 1.31 bits per heavy atom. The van der Waals surface area contributed by atoms with Crippen LogP contribution in [0.25, 0.3) is 39.1 Å². The van der Waals surface area contributed by atoms with E-state index in [0.29, 0.717) is 45.5 Å². The predicted octanol–water partition coefficient (Wildman–Crippen LogP) is 8.17. The summed E-state index contributed by atoms with van der Waals surface area (Å²) in [5.41, 5.74) is 5.95. The molecule has 3 aromatic carbocycles. The Bertz CT molecular complexity index is 1960. The van der Waals surface area contributed by atoms with Crippen LogP contribution in [0.3, 0.4) is 0 Å². The van der Waals surface area contributed by atoms with E-state index in [4.69, 9.17) is 0 Å². The lowest BCUT2D eigenvalue weighted by Crippen LogP contribution is -2.26. The molecule has 0 aliphatic heterocycles. The second kappa shape index (κ2) is 9.98. The van der Waals surface area contributed by atoms with Gasteiger partial charge in [-0.15, -0.1) is 0 Å². The minimum absolute atomic E-state index is 0.0376. The van der Waals surface area contributed by atoms with E-state index in [-0.39, 0.29) is 29.1 Å². The van der Waals surface area contributed by atoms with Gasteiger partial charge in [0.15, 0.2) is 5.78 Å². The number of ketones is 1. The van der Waals surface area contributed by atoms with Crippen molar-refractivity contribution in [3.8, 4) is 22.6 Å². The van der Waals surface area contributed by atoms with Crippen molar-refractivity contribution in [1.29, 1.82) is 0 Å². The summed E-state index contributed by atoms with van der Waals surface area (Å²) in [5, 5.41) is 11.8. The Labute approximate surface area is 244 Å². The molecule has 0 spiro atoms. The number of aryl methyl sites for hydroxylation is 3. The van der Waals surface area contributed by atoms with E-state index in [2.05, 4.69) is 0 Å². The molecule has 0 fully saturated rings. The molecule has 42 heavy (non-hydrogen) atoms. The summed E-state index contributed by atoms with van der Waals surface area (Å²) in [5.74, 6) is -0.658. The van der Waals surface area contributed by atoms with E-state index in [9.17, 15) is 19.1 Å². The summed E-state index contributed by atoms with van der Waals surface area (Å²) in [4.78, 5) is 28.5. The van der Waals surface area contributed by atoms with Crippen molar-refractivity contribution >= 4 is 22.3 Å². The lowest BCUT2D eigenvalue weighted by atomic mass is 9.74. The lowest BCUT2D eigenvalue weighted by Gasteiger charge is -2.30. The standard InChI is InChI=1S/C36H33FN2O3/c1-21-6-14-26(15-7-21)38-23(3)18-28-31(35(38)42)33(32-29(40)19-36(4,5)20-30(32)41)34(24-10-12-25(37)13-11-24)39(28)27-16-8-22(2)9-17-27/h6-18,40H,19-20H2,1-5H3. The van der Waals surface area contributed by atoms with Crippen LogP contribution in [-0.4, -0.2) is 20.0 Å². The number of carbonyl (C=O) groups excluding carboxylic acids is 1. The number of nitrogens with zero attached hydrogens (tertiary/aromatic N) is 2. The molecule has 0 bridgehead atoms. The Balaban J connectivity index is 1.84. The first-order chi connectivity index (χ1) is 19.9. The number of carbonyl (C=O) groups is 1. The van der Waals surface area contributed by atoms with E-state index in [1.54, 1.807) is 16.7 Å². The maximum Gasteiger partial charge on any atom is 0.265 e. The fourth-order valence-corrected chi connectivity index (χ4v) is 6.15. The molecule has 0 unspecified atom stereocenters. The third-order valence-corrected chi connectivity index (χ3v) is 8.13. The molecule has 0 amide bonds. The number of Topliss-reactive ketones (excluding diaryl/α,β-unsaturated/α-hetero) is 1. The Hall–Kier alpha value is -4.71. The molecule has 0 saturated carbocycles. The molecule has 1 N–H and O–H groups in total. The van der Waals surface area contributed by atoms with Crippen LogP contribution in [0.5, 0.6) is 0 Å². The molecule has 5 aromatic rings. The van der Waals surface area contributed by atoms with E-state index >= 15 is 0 Å². The van der Waals surface area contributed by atoms with Crippen LogP contribution in [-0.2, 0) is 4.79 Å². The first-order valence-electron chi connectivity index (χ1n) is 14.1. The SMILES string of the molecule is Cc1ccc(-n2c(C)cc3c(c(C4=C(O)CC(C)(C)CC4=O)c(-c4ccc(F)cc4)n3-c3ccc(C)cc3)c2=O)cc1. The number of fused-ring (bicyclic) bond motifs is 1.